The molecular weight excluding hydrogens is 292 g/mol. The summed E-state index contributed by atoms with van der Waals surface area (Å²) >= 11 is 0.561. The third-order valence-electron chi connectivity index (χ3n) is 3.38. The number of benzene rings is 2. The number of para-hydroxylation sites is 1. The van der Waals surface area contributed by atoms with Crippen molar-refractivity contribution in [3.05, 3.63) is 54.1 Å². The number of fused-ring (bicyclic) bond motifs is 1. The highest BCUT2D eigenvalue weighted by Gasteiger charge is 2.20. The zero-order valence-electron chi connectivity index (χ0n) is 11.3. The van der Waals surface area contributed by atoms with Gasteiger partial charge in [0.05, 0.1) is 12.6 Å². The molecule has 0 aliphatic carbocycles. The largest absolute Gasteiger partial charge is 0.493 e. The van der Waals surface area contributed by atoms with Crippen LogP contribution in [-0.4, -0.2) is 12.4 Å². The van der Waals surface area contributed by atoms with Gasteiger partial charge < -0.3 is 10.1 Å². The number of ether oxygens (including phenoxy) is 1. The molecule has 0 fully saturated rings. The van der Waals surface area contributed by atoms with Crippen LogP contribution in [0.25, 0.3) is 0 Å². The molecule has 21 heavy (non-hydrogen) atoms. The Bertz CT molecular complexity index is 603. The Labute approximate surface area is 126 Å². The Balaban J connectivity index is 1.73. The van der Waals surface area contributed by atoms with Crippen LogP contribution >= 0.6 is 11.8 Å². The average Bonchev–Trinajstić information content (AvgIpc) is 2.49. The molecule has 0 saturated heterocycles. The van der Waals surface area contributed by atoms with Gasteiger partial charge >= 0.3 is 0 Å². The van der Waals surface area contributed by atoms with Crippen LogP contribution in [0.3, 0.4) is 0 Å². The van der Waals surface area contributed by atoms with E-state index in [0.29, 0.717) is 23.3 Å². The van der Waals surface area contributed by atoms with Crippen molar-refractivity contribution in [2.75, 3.05) is 11.9 Å². The van der Waals surface area contributed by atoms with Gasteiger partial charge in [-0.05, 0) is 30.3 Å². The van der Waals surface area contributed by atoms with Gasteiger partial charge in [0.25, 0.3) is 5.76 Å². The molecule has 110 valence electrons. The number of thioether (sulfide) groups is 1. The van der Waals surface area contributed by atoms with E-state index in [9.17, 15) is 8.78 Å². The Kier molecular flexibility index (Phi) is 4.29. The van der Waals surface area contributed by atoms with Crippen molar-refractivity contribution in [1.82, 2.24) is 0 Å². The molecule has 1 unspecified atom stereocenters. The second kappa shape index (κ2) is 6.35. The molecule has 5 heteroatoms. The topological polar surface area (TPSA) is 21.3 Å². The van der Waals surface area contributed by atoms with Crippen molar-refractivity contribution in [2.45, 2.75) is 23.1 Å². The molecule has 0 spiro atoms. The maximum Gasteiger partial charge on any atom is 0.288 e. The third kappa shape index (κ3) is 3.47. The maximum atomic E-state index is 12.3. The summed E-state index contributed by atoms with van der Waals surface area (Å²) < 4.78 is 30.2. The van der Waals surface area contributed by atoms with E-state index in [1.807, 2.05) is 36.4 Å². The fraction of sp³-hybridized carbons (Fsp3) is 0.250. The summed E-state index contributed by atoms with van der Waals surface area (Å²) in [5.74, 6) is -1.47. The van der Waals surface area contributed by atoms with Crippen LogP contribution in [0.4, 0.5) is 14.5 Å². The van der Waals surface area contributed by atoms with Crippen LogP contribution in [-0.2, 0) is 0 Å². The van der Waals surface area contributed by atoms with Crippen molar-refractivity contribution < 1.29 is 13.5 Å². The quantitative estimate of drug-likeness (QED) is 0.809. The summed E-state index contributed by atoms with van der Waals surface area (Å²) in [4.78, 5) is 0.572. The lowest BCUT2D eigenvalue weighted by Crippen LogP contribution is -2.20. The second-order valence-corrected chi connectivity index (χ2v) is 5.84. The number of hydrogen-bond acceptors (Lipinski definition) is 3. The molecule has 3 rings (SSSR count). The highest BCUT2D eigenvalue weighted by atomic mass is 32.2. The van der Waals surface area contributed by atoms with Gasteiger partial charge in [-0.15, -0.1) is 0 Å². The molecule has 1 atom stereocenters. The van der Waals surface area contributed by atoms with Gasteiger partial charge in [0.15, 0.2) is 0 Å². The molecule has 1 N–H and O–H groups in total. The van der Waals surface area contributed by atoms with Crippen LogP contribution < -0.4 is 10.1 Å². The first-order valence-corrected chi connectivity index (χ1v) is 7.63. The number of halogens is 2. The van der Waals surface area contributed by atoms with Gasteiger partial charge in [-0.2, -0.15) is 8.78 Å². The van der Waals surface area contributed by atoms with E-state index in [2.05, 4.69) is 5.32 Å². The van der Waals surface area contributed by atoms with E-state index >= 15 is 0 Å². The predicted octanol–water partition coefficient (Wildman–Crippen LogP) is 4.94. The van der Waals surface area contributed by atoms with Crippen molar-refractivity contribution in [2.24, 2.45) is 0 Å². The summed E-state index contributed by atoms with van der Waals surface area (Å²) in [6.45, 7) is 0.675. The Morgan fingerprint density at radius 3 is 2.62 bits per heavy atom. The van der Waals surface area contributed by atoms with Gasteiger partial charge in [-0.1, -0.05) is 30.0 Å². The lowest BCUT2D eigenvalue weighted by Gasteiger charge is -2.27. The lowest BCUT2D eigenvalue weighted by atomic mass is 10.0. The number of nitrogens with one attached hydrogen (secondary N) is 1. The molecule has 2 nitrogen and oxygen atoms in total. The van der Waals surface area contributed by atoms with Crippen molar-refractivity contribution in [1.29, 1.82) is 0 Å². The minimum Gasteiger partial charge on any atom is -0.493 e. The molecule has 0 amide bonds. The summed E-state index contributed by atoms with van der Waals surface area (Å²) in [5.41, 5.74) is 2.06. The summed E-state index contributed by atoms with van der Waals surface area (Å²) in [6.07, 6.45) is 0.880. The molecule has 1 aliphatic rings. The van der Waals surface area contributed by atoms with Gasteiger partial charge in [-0.3, -0.25) is 0 Å². The van der Waals surface area contributed by atoms with E-state index in [-0.39, 0.29) is 6.04 Å². The van der Waals surface area contributed by atoms with Crippen molar-refractivity contribution in [3.63, 3.8) is 0 Å². The standard InChI is InChI=1S/C16H15F2NOS/c17-16(18)21-12-7-5-11(6-8-12)19-14-9-10-20-15-4-2-1-3-13(14)15/h1-8,14,16,19H,9-10H2. The molecule has 0 saturated carbocycles. The van der Waals surface area contributed by atoms with Gasteiger partial charge in [0.2, 0.25) is 0 Å². The molecule has 0 aromatic heterocycles. The van der Waals surface area contributed by atoms with Crippen LogP contribution in [0.15, 0.2) is 53.4 Å². The Morgan fingerprint density at radius 1 is 1.10 bits per heavy atom. The van der Waals surface area contributed by atoms with Crippen molar-refractivity contribution in [3.8, 4) is 5.75 Å². The SMILES string of the molecule is FC(F)Sc1ccc(NC2CCOc3ccccc32)cc1. The predicted molar refractivity (Wildman–Crippen MR) is 81.2 cm³/mol. The fourth-order valence-corrected chi connectivity index (χ4v) is 2.92. The zero-order chi connectivity index (χ0) is 14.7. The van der Waals surface area contributed by atoms with E-state index in [4.69, 9.17) is 4.74 Å². The number of anilines is 1. The van der Waals surface area contributed by atoms with Crippen LogP contribution in [0.2, 0.25) is 0 Å². The van der Waals surface area contributed by atoms with E-state index < -0.39 is 5.76 Å². The normalized spacial score (nSPS) is 17.2. The smallest absolute Gasteiger partial charge is 0.288 e. The molecule has 1 heterocycles. The Hall–Kier alpha value is -1.75. The van der Waals surface area contributed by atoms with Crippen LogP contribution in [0.5, 0.6) is 5.75 Å². The maximum absolute atomic E-state index is 12.3. The molecule has 2 aromatic rings. The first-order valence-electron chi connectivity index (χ1n) is 6.75. The van der Waals surface area contributed by atoms with Crippen LogP contribution in [0, 0.1) is 0 Å². The summed E-state index contributed by atoms with van der Waals surface area (Å²) in [7, 11) is 0. The average molecular weight is 307 g/mol. The molecular formula is C16H15F2NOS. The summed E-state index contributed by atoms with van der Waals surface area (Å²) in [5, 5.41) is 3.44. The highest BCUT2D eigenvalue weighted by molar-refractivity contribution is 7.99. The minimum absolute atomic E-state index is 0.184. The van der Waals surface area contributed by atoms with E-state index in [1.165, 1.54) is 0 Å². The van der Waals surface area contributed by atoms with Crippen LogP contribution in [0.1, 0.15) is 18.0 Å². The molecule has 1 aliphatic heterocycles. The molecule has 0 bridgehead atoms. The van der Waals surface area contributed by atoms with Gasteiger partial charge in [0.1, 0.15) is 5.75 Å². The summed E-state index contributed by atoms with van der Waals surface area (Å²) in [6, 6.07) is 15.2. The van der Waals surface area contributed by atoms with Gasteiger partial charge in [0, 0.05) is 22.6 Å². The lowest BCUT2D eigenvalue weighted by molar-refractivity contribution is 0.252. The molecule has 2 aromatic carbocycles. The Morgan fingerprint density at radius 2 is 1.86 bits per heavy atom. The van der Waals surface area contributed by atoms with E-state index in [1.54, 1.807) is 12.1 Å². The second-order valence-electron chi connectivity index (χ2n) is 4.77. The fourth-order valence-electron chi connectivity index (χ4n) is 2.43. The zero-order valence-corrected chi connectivity index (χ0v) is 12.1. The number of hydrogen-bond donors (Lipinski definition) is 1. The van der Waals surface area contributed by atoms with E-state index in [0.717, 1.165) is 23.4 Å². The van der Waals surface area contributed by atoms with Gasteiger partial charge in [-0.25, -0.2) is 0 Å². The number of alkyl halides is 2. The van der Waals surface area contributed by atoms with Crippen molar-refractivity contribution >= 4 is 17.4 Å². The minimum atomic E-state index is -2.38. The highest BCUT2D eigenvalue weighted by Crippen LogP contribution is 2.34. The molecule has 0 radical (unpaired) electrons. The third-order valence-corrected chi connectivity index (χ3v) is 4.10. The number of rotatable bonds is 4. The monoisotopic (exact) mass is 307 g/mol. The first-order chi connectivity index (χ1) is 10.2. The first kappa shape index (κ1) is 14.2.